The van der Waals surface area contributed by atoms with Crippen molar-refractivity contribution in [1.82, 2.24) is 0 Å². The minimum atomic E-state index is 0.640. The fourth-order valence-corrected chi connectivity index (χ4v) is 0.614. The molecular formula is C8H13N3. The van der Waals surface area contributed by atoms with Gasteiger partial charge in [0.1, 0.15) is 0 Å². The van der Waals surface area contributed by atoms with Crippen LogP contribution in [0.5, 0.6) is 0 Å². The Bertz CT molecular complexity index is 184. The summed E-state index contributed by atoms with van der Waals surface area (Å²) < 4.78 is 0. The molecule has 0 aliphatic heterocycles. The lowest BCUT2D eigenvalue weighted by molar-refractivity contribution is 1.07. The molecule has 3 nitrogen and oxygen atoms in total. The molecule has 5 N–H and O–H groups in total. The van der Waals surface area contributed by atoms with Crippen molar-refractivity contribution >= 4 is 6.34 Å². The van der Waals surface area contributed by atoms with Crippen LogP contribution in [-0.2, 0) is 6.54 Å². The fourth-order valence-electron chi connectivity index (χ4n) is 0.614. The maximum absolute atomic E-state index is 5.86. The van der Waals surface area contributed by atoms with Crippen LogP contribution < -0.4 is 11.5 Å². The van der Waals surface area contributed by atoms with Crippen molar-refractivity contribution in [3.63, 3.8) is 0 Å². The summed E-state index contributed by atoms with van der Waals surface area (Å²) in [5.74, 6) is 0. The minimum absolute atomic E-state index is 0.640. The smallest absolute Gasteiger partial charge is 0.0765 e. The Kier molecular flexibility index (Phi) is 5.94. The monoisotopic (exact) mass is 151 g/mol. The highest BCUT2D eigenvalue weighted by molar-refractivity contribution is 5.46. The second-order valence-corrected chi connectivity index (χ2v) is 1.86. The lowest BCUT2D eigenvalue weighted by Gasteiger charge is -1.90. The van der Waals surface area contributed by atoms with E-state index < -0.39 is 0 Å². The van der Waals surface area contributed by atoms with Gasteiger partial charge < -0.3 is 11.5 Å². The van der Waals surface area contributed by atoms with Gasteiger partial charge in [0.15, 0.2) is 0 Å². The maximum Gasteiger partial charge on any atom is 0.0765 e. The molecule has 0 radical (unpaired) electrons. The lowest BCUT2D eigenvalue weighted by Crippen LogP contribution is -1.94. The molecule has 0 atom stereocenters. The lowest BCUT2D eigenvalue weighted by atomic mass is 10.2. The zero-order valence-electron chi connectivity index (χ0n) is 6.33. The van der Waals surface area contributed by atoms with Crippen molar-refractivity contribution in [2.45, 2.75) is 6.54 Å². The van der Waals surface area contributed by atoms with E-state index in [2.05, 4.69) is 5.73 Å². The van der Waals surface area contributed by atoms with E-state index in [4.69, 9.17) is 11.1 Å². The van der Waals surface area contributed by atoms with Gasteiger partial charge in [0, 0.05) is 6.54 Å². The van der Waals surface area contributed by atoms with Crippen LogP contribution in [-0.4, -0.2) is 6.34 Å². The molecule has 0 heterocycles. The molecule has 1 aromatic carbocycles. The van der Waals surface area contributed by atoms with Crippen LogP contribution in [0.25, 0.3) is 0 Å². The molecule has 0 aliphatic carbocycles. The molecule has 0 aliphatic rings. The molecule has 1 rings (SSSR count). The minimum Gasteiger partial charge on any atom is -0.390 e. The molecule has 1 aromatic rings. The van der Waals surface area contributed by atoms with Gasteiger partial charge in [-0.25, -0.2) is 0 Å². The Morgan fingerprint density at radius 1 is 1.27 bits per heavy atom. The van der Waals surface area contributed by atoms with Gasteiger partial charge in [0.05, 0.1) is 6.34 Å². The largest absolute Gasteiger partial charge is 0.390 e. The second-order valence-electron chi connectivity index (χ2n) is 1.86. The summed E-state index contributed by atoms with van der Waals surface area (Å²) in [4.78, 5) is 0. The number of hydrogen-bond acceptors (Lipinski definition) is 2. The third-order valence-corrected chi connectivity index (χ3v) is 1.08. The highest BCUT2D eigenvalue weighted by Crippen LogP contribution is 1.94. The Balaban J connectivity index is 0.000000292. The average molecular weight is 151 g/mol. The zero-order chi connectivity index (χ0) is 8.53. The number of benzene rings is 1. The standard InChI is InChI=1S/C7H9N.CH4N2/c8-6-7-4-2-1-3-5-7;2-1-3/h1-5H,6,8H2;1H,(H3,2,3). The van der Waals surface area contributed by atoms with Crippen LogP contribution in [0.1, 0.15) is 5.56 Å². The Morgan fingerprint density at radius 3 is 2.00 bits per heavy atom. The number of rotatable bonds is 1. The highest BCUT2D eigenvalue weighted by atomic mass is 14.6. The number of nitrogens with two attached hydrogens (primary N) is 2. The first kappa shape index (κ1) is 9.65. The zero-order valence-corrected chi connectivity index (χ0v) is 6.33. The van der Waals surface area contributed by atoms with Crippen LogP contribution in [0.2, 0.25) is 0 Å². The van der Waals surface area contributed by atoms with Crippen molar-refractivity contribution in [2.75, 3.05) is 0 Å². The highest BCUT2D eigenvalue weighted by Gasteiger charge is 1.80. The molecule has 0 fully saturated rings. The first-order chi connectivity index (χ1) is 5.35. The van der Waals surface area contributed by atoms with Gasteiger partial charge in [-0.3, -0.25) is 5.41 Å². The molecule has 0 unspecified atom stereocenters. The van der Waals surface area contributed by atoms with Gasteiger partial charge in [-0.05, 0) is 5.56 Å². The average Bonchev–Trinajstić information content (AvgIpc) is 2.08. The quantitative estimate of drug-likeness (QED) is 0.408. The molecule has 0 amide bonds. The molecule has 0 aromatic heterocycles. The molecule has 0 bridgehead atoms. The van der Waals surface area contributed by atoms with Gasteiger partial charge in [-0.15, -0.1) is 0 Å². The molecular weight excluding hydrogens is 138 g/mol. The SMILES string of the molecule is N=CN.NCc1ccccc1. The molecule has 60 valence electrons. The van der Waals surface area contributed by atoms with E-state index in [0.29, 0.717) is 6.54 Å². The summed E-state index contributed by atoms with van der Waals surface area (Å²) >= 11 is 0. The van der Waals surface area contributed by atoms with Crippen molar-refractivity contribution in [1.29, 1.82) is 5.41 Å². The van der Waals surface area contributed by atoms with Crippen molar-refractivity contribution < 1.29 is 0 Å². The second kappa shape index (κ2) is 6.77. The van der Waals surface area contributed by atoms with Crippen molar-refractivity contribution in [3.8, 4) is 0 Å². The predicted molar refractivity (Wildman–Crippen MR) is 47.3 cm³/mol. The van der Waals surface area contributed by atoms with Crippen molar-refractivity contribution in [3.05, 3.63) is 35.9 Å². The van der Waals surface area contributed by atoms with Crippen LogP contribution in [0.15, 0.2) is 30.3 Å². The van der Waals surface area contributed by atoms with Gasteiger partial charge in [-0.2, -0.15) is 0 Å². The van der Waals surface area contributed by atoms with Gasteiger partial charge in [0.25, 0.3) is 0 Å². The summed E-state index contributed by atoms with van der Waals surface area (Å²) in [5, 5.41) is 5.86. The Labute approximate surface area is 66.5 Å². The summed E-state index contributed by atoms with van der Waals surface area (Å²) in [6.07, 6.45) is 0.750. The van der Waals surface area contributed by atoms with E-state index in [1.54, 1.807) is 0 Å². The summed E-state index contributed by atoms with van der Waals surface area (Å²) in [6, 6.07) is 9.99. The van der Waals surface area contributed by atoms with E-state index in [1.165, 1.54) is 5.56 Å². The summed E-state index contributed by atoms with van der Waals surface area (Å²) in [5.41, 5.74) is 10.9. The number of hydrogen-bond donors (Lipinski definition) is 3. The van der Waals surface area contributed by atoms with Gasteiger partial charge in [0.2, 0.25) is 0 Å². The maximum atomic E-state index is 5.86. The Hall–Kier alpha value is -1.35. The molecule has 3 heteroatoms. The van der Waals surface area contributed by atoms with Gasteiger partial charge in [-0.1, -0.05) is 30.3 Å². The Morgan fingerprint density at radius 2 is 1.73 bits per heavy atom. The van der Waals surface area contributed by atoms with E-state index in [0.717, 1.165) is 6.34 Å². The molecule has 0 saturated heterocycles. The van der Waals surface area contributed by atoms with E-state index in [9.17, 15) is 0 Å². The summed E-state index contributed by atoms with van der Waals surface area (Å²) in [7, 11) is 0. The normalized spacial score (nSPS) is 7.73. The third-order valence-electron chi connectivity index (χ3n) is 1.08. The first-order valence-electron chi connectivity index (χ1n) is 3.29. The van der Waals surface area contributed by atoms with E-state index in [1.807, 2.05) is 30.3 Å². The van der Waals surface area contributed by atoms with E-state index in [-0.39, 0.29) is 0 Å². The molecule has 0 saturated carbocycles. The third kappa shape index (κ3) is 5.11. The van der Waals surface area contributed by atoms with E-state index >= 15 is 0 Å². The van der Waals surface area contributed by atoms with Gasteiger partial charge >= 0.3 is 0 Å². The fraction of sp³-hybridized carbons (Fsp3) is 0.125. The first-order valence-corrected chi connectivity index (χ1v) is 3.29. The molecule has 0 spiro atoms. The predicted octanol–water partition coefficient (Wildman–Crippen LogP) is 0.697. The van der Waals surface area contributed by atoms with Crippen LogP contribution in [0.3, 0.4) is 0 Å². The van der Waals surface area contributed by atoms with Crippen molar-refractivity contribution in [2.24, 2.45) is 11.5 Å². The molecule has 11 heavy (non-hydrogen) atoms. The van der Waals surface area contributed by atoms with Crippen LogP contribution >= 0.6 is 0 Å². The topological polar surface area (TPSA) is 75.9 Å². The van der Waals surface area contributed by atoms with Crippen LogP contribution in [0, 0.1) is 5.41 Å². The van der Waals surface area contributed by atoms with Crippen LogP contribution in [0.4, 0.5) is 0 Å². The summed E-state index contributed by atoms with van der Waals surface area (Å²) in [6.45, 7) is 0.640. The number of nitrogens with one attached hydrogen (secondary N) is 1.